The number of nitrogens with one attached hydrogen (secondary N) is 1. The van der Waals surface area contributed by atoms with Crippen LogP contribution in [0.1, 0.15) is 50.2 Å². The second-order valence-corrected chi connectivity index (χ2v) is 7.36. The molecule has 0 bridgehead atoms. The second-order valence-electron chi connectivity index (χ2n) is 6.52. The molecule has 0 spiro atoms. The first-order valence-electron chi connectivity index (χ1n) is 7.71. The third kappa shape index (κ3) is 2.51. The van der Waals surface area contributed by atoms with Gasteiger partial charge in [-0.2, -0.15) is 0 Å². The predicted octanol–water partition coefficient (Wildman–Crippen LogP) is 3.93. The molecule has 0 saturated heterocycles. The van der Waals surface area contributed by atoms with E-state index in [4.69, 9.17) is 0 Å². The summed E-state index contributed by atoms with van der Waals surface area (Å²) in [5.41, 5.74) is 3.81. The van der Waals surface area contributed by atoms with E-state index in [1.54, 1.807) is 11.3 Å². The van der Waals surface area contributed by atoms with Gasteiger partial charge in [0.25, 0.3) is 0 Å². The normalized spacial score (nSPS) is 27.3. The van der Waals surface area contributed by atoms with E-state index in [9.17, 15) is 0 Å². The summed E-state index contributed by atoms with van der Waals surface area (Å²) in [6.45, 7) is 10.0. The lowest BCUT2D eigenvalue weighted by Crippen LogP contribution is -2.38. The minimum Gasteiger partial charge on any atom is -0.308 e. The van der Waals surface area contributed by atoms with Gasteiger partial charge in [-0.3, -0.25) is 4.40 Å². The zero-order valence-corrected chi connectivity index (χ0v) is 13.8. The molecule has 1 N–H and O–H groups in total. The lowest BCUT2D eigenvalue weighted by molar-refractivity contribution is 0.226. The van der Waals surface area contributed by atoms with Crippen molar-refractivity contribution in [3.8, 4) is 0 Å². The Hall–Kier alpha value is -0.870. The Morgan fingerprint density at radius 2 is 2.15 bits per heavy atom. The van der Waals surface area contributed by atoms with Gasteiger partial charge in [0.05, 0.1) is 11.4 Å². The molecular weight excluding hydrogens is 266 g/mol. The van der Waals surface area contributed by atoms with Crippen molar-refractivity contribution in [1.29, 1.82) is 0 Å². The van der Waals surface area contributed by atoms with Crippen LogP contribution >= 0.6 is 11.3 Å². The van der Waals surface area contributed by atoms with Crippen molar-refractivity contribution in [1.82, 2.24) is 14.7 Å². The summed E-state index contributed by atoms with van der Waals surface area (Å²) in [6.07, 6.45) is 4.03. The van der Waals surface area contributed by atoms with Gasteiger partial charge < -0.3 is 5.32 Å². The molecule has 1 saturated carbocycles. The molecule has 0 aromatic carbocycles. The van der Waals surface area contributed by atoms with Gasteiger partial charge in [-0.25, -0.2) is 4.98 Å². The van der Waals surface area contributed by atoms with E-state index in [0.29, 0.717) is 6.04 Å². The zero-order chi connectivity index (χ0) is 14.3. The van der Waals surface area contributed by atoms with Crippen molar-refractivity contribution >= 4 is 16.3 Å². The average molecular weight is 291 g/mol. The van der Waals surface area contributed by atoms with Crippen LogP contribution in [0.3, 0.4) is 0 Å². The Labute approximate surface area is 125 Å². The Morgan fingerprint density at radius 3 is 2.90 bits per heavy atom. The molecule has 1 aliphatic carbocycles. The molecule has 0 aliphatic heterocycles. The number of thiazole rings is 1. The molecule has 2 aromatic heterocycles. The molecule has 3 nitrogen and oxygen atoms in total. The largest absolute Gasteiger partial charge is 0.308 e. The third-order valence-corrected chi connectivity index (χ3v) is 5.74. The number of aromatic nitrogens is 2. The van der Waals surface area contributed by atoms with Crippen LogP contribution in [-0.4, -0.2) is 15.4 Å². The van der Waals surface area contributed by atoms with Gasteiger partial charge in [0, 0.05) is 23.7 Å². The number of nitrogens with zero attached hydrogens (tertiary/aromatic N) is 2. The highest BCUT2D eigenvalue weighted by atomic mass is 32.1. The minimum absolute atomic E-state index is 0.662. The van der Waals surface area contributed by atoms with Crippen LogP contribution in [-0.2, 0) is 6.54 Å². The molecule has 2 heterocycles. The van der Waals surface area contributed by atoms with Crippen LogP contribution in [0.5, 0.6) is 0 Å². The Balaban J connectivity index is 1.74. The molecule has 110 valence electrons. The number of hydrogen-bond acceptors (Lipinski definition) is 3. The molecule has 0 amide bonds. The van der Waals surface area contributed by atoms with E-state index >= 15 is 0 Å². The first-order valence-corrected chi connectivity index (χ1v) is 8.59. The Kier molecular flexibility index (Phi) is 3.87. The van der Waals surface area contributed by atoms with Crippen LogP contribution in [0.15, 0.2) is 5.38 Å². The molecule has 2 aromatic rings. The van der Waals surface area contributed by atoms with E-state index in [1.807, 2.05) is 0 Å². The predicted molar refractivity (Wildman–Crippen MR) is 85.3 cm³/mol. The lowest BCUT2D eigenvalue weighted by atomic mass is 9.80. The lowest BCUT2D eigenvalue weighted by Gasteiger charge is -2.33. The summed E-state index contributed by atoms with van der Waals surface area (Å²) in [5, 5.41) is 5.98. The van der Waals surface area contributed by atoms with Crippen LogP contribution in [0, 0.1) is 25.7 Å². The second kappa shape index (κ2) is 5.49. The first-order chi connectivity index (χ1) is 9.56. The quantitative estimate of drug-likeness (QED) is 0.928. The van der Waals surface area contributed by atoms with Gasteiger partial charge in [0.1, 0.15) is 0 Å². The van der Waals surface area contributed by atoms with Gasteiger partial charge >= 0.3 is 0 Å². The van der Waals surface area contributed by atoms with Crippen molar-refractivity contribution in [2.75, 3.05) is 0 Å². The van der Waals surface area contributed by atoms with E-state index in [1.165, 1.54) is 36.3 Å². The average Bonchev–Trinajstić information content (AvgIpc) is 2.89. The molecule has 1 fully saturated rings. The maximum Gasteiger partial charge on any atom is 0.194 e. The van der Waals surface area contributed by atoms with Gasteiger partial charge in [0.15, 0.2) is 4.96 Å². The van der Waals surface area contributed by atoms with Gasteiger partial charge in [-0.1, -0.05) is 13.8 Å². The molecule has 3 rings (SSSR count). The van der Waals surface area contributed by atoms with Crippen molar-refractivity contribution in [2.24, 2.45) is 11.8 Å². The maximum atomic E-state index is 4.67. The highest BCUT2D eigenvalue weighted by Crippen LogP contribution is 2.29. The summed E-state index contributed by atoms with van der Waals surface area (Å²) in [5.74, 6) is 1.68. The molecular formula is C16H25N3S. The third-order valence-electron chi connectivity index (χ3n) is 4.79. The SMILES string of the molecule is Cc1nc2scc(C)n2c1CNC1CCC(C)CC1C. The van der Waals surface area contributed by atoms with E-state index in [2.05, 4.69) is 47.8 Å². The van der Waals surface area contributed by atoms with Gasteiger partial charge in [0.2, 0.25) is 0 Å². The number of imidazole rings is 1. The topological polar surface area (TPSA) is 29.3 Å². The fraction of sp³-hybridized carbons (Fsp3) is 0.688. The highest BCUT2D eigenvalue weighted by molar-refractivity contribution is 7.15. The van der Waals surface area contributed by atoms with Crippen LogP contribution < -0.4 is 5.32 Å². The van der Waals surface area contributed by atoms with E-state index in [-0.39, 0.29) is 0 Å². The fourth-order valence-corrected chi connectivity index (χ4v) is 4.50. The fourth-order valence-electron chi connectivity index (χ4n) is 3.57. The first kappa shape index (κ1) is 14.1. The van der Waals surface area contributed by atoms with Crippen LogP contribution in [0.4, 0.5) is 0 Å². The van der Waals surface area contributed by atoms with Crippen LogP contribution in [0.25, 0.3) is 4.96 Å². The molecule has 4 heteroatoms. The van der Waals surface area contributed by atoms with E-state index < -0.39 is 0 Å². The molecule has 1 aliphatic rings. The highest BCUT2D eigenvalue weighted by Gasteiger charge is 2.25. The van der Waals surface area contributed by atoms with Gasteiger partial charge in [-0.05, 0) is 44.9 Å². The minimum atomic E-state index is 0.662. The van der Waals surface area contributed by atoms with Crippen molar-refractivity contribution in [2.45, 2.75) is 59.5 Å². The maximum absolute atomic E-state index is 4.67. The molecule has 20 heavy (non-hydrogen) atoms. The monoisotopic (exact) mass is 291 g/mol. The number of aryl methyl sites for hydroxylation is 2. The number of hydrogen-bond donors (Lipinski definition) is 1. The zero-order valence-electron chi connectivity index (χ0n) is 12.9. The van der Waals surface area contributed by atoms with Gasteiger partial charge in [-0.15, -0.1) is 11.3 Å². The summed E-state index contributed by atoms with van der Waals surface area (Å²) >= 11 is 1.74. The standard InChI is InChI=1S/C16H25N3S/c1-10-5-6-14(11(2)7-10)17-8-15-13(4)18-16-19(15)12(3)9-20-16/h9-11,14,17H,5-8H2,1-4H3. The van der Waals surface area contributed by atoms with Crippen molar-refractivity contribution in [3.05, 3.63) is 22.5 Å². The summed E-state index contributed by atoms with van der Waals surface area (Å²) in [4.78, 5) is 5.80. The summed E-state index contributed by atoms with van der Waals surface area (Å²) in [7, 11) is 0. The summed E-state index contributed by atoms with van der Waals surface area (Å²) in [6, 6.07) is 0.662. The van der Waals surface area contributed by atoms with E-state index in [0.717, 1.165) is 23.3 Å². The Morgan fingerprint density at radius 1 is 1.35 bits per heavy atom. The van der Waals surface area contributed by atoms with Crippen LogP contribution in [0.2, 0.25) is 0 Å². The molecule has 3 unspecified atom stereocenters. The number of rotatable bonds is 3. The smallest absolute Gasteiger partial charge is 0.194 e. The molecule has 0 radical (unpaired) electrons. The number of fused-ring (bicyclic) bond motifs is 1. The molecule has 3 atom stereocenters. The summed E-state index contributed by atoms with van der Waals surface area (Å²) < 4.78 is 2.31. The van der Waals surface area contributed by atoms with Crippen molar-refractivity contribution in [3.63, 3.8) is 0 Å². The van der Waals surface area contributed by atoms with Crippen molar-refractivity contribution < 1.29 is 0 Å². The Bertz CT molecular complexity index is 598.